The van der Waals surface area contributed by atoms with Crippen LogP contribution in [-0.4, -0.2) is 55.8 Å². The van der Waals surface area contributed by atoms with Gasteiger partial charge in [0.05, 0.1) is 6.54 Å². The predicted molar refractivity (Wildman–Crippen MR) is 105 cm³/mol. The van der Waals surface area contributed by atoms with Gasteiger partial charge in [0.1, 0.15) is 0 Å². The van der Waals surface area contributed by atoms with Gasteiger partial charge in [0.25, 0.3) is 5.91 Å². The van der Waals surface area contributed by atoms with Crippen molar-refractivity contribution in [2.45, 2.75) is 12.8 Å². The van der Waals surface area contributed by atoms with Crippen LogP contribution in [0.4, 0.5) is 5.69 Å². The molecule has 0 aliphatic rings. The summed E-state index contributed by atoms with van der Waals surface area (Å²) >= 11 is 0. The molecule has 1 N–H and O–H groups in total. The number of carbonyl (C=O) groups excluding carboxylic acids is 2. The summed E-state index contributed by atoms with van der Waals surface area (Å²) < 4.78 is 0. The van der Waals surface area contributed by atoms with Gasteiger partial charge in [-0.15, -0.1) is 0 Å². The van der Waals surface area contributed by atoms with Crippen LogP contribution in [0, 0.1) is 0 Å². The van der Waals surface area contributed by atoms with E-state index in [1.165, 1.54) is 10.5 Å². The first-order valence-electron chi connectivity index (χ1n) is 8.80. The van der Waals surface area contributed by atoms with E-state index in [-0.39, 0.29) is 11.8 Å². The highest BCUT2D eigenvalue weighted by molar-refractivity contribution is 5.95. The number of nitrogens with one attached hydrogen (secondary N) is 1. The quantitative estimate of drug-likeness (QED) is 0.794. The first kappa shape index (κ1) is 19.7. The summed E-state index contributed by atoms with van der Waals surface area (Å²) in [6, 6.07) is 17.3. The molecule has 0 bridgehead atoms. The monoisotopic (exact) mass is 353 g/mol. The van der Waals surface area contributed by atoms with Crippen molar-refractivity contribution >= 4 is 17.5 Å². The molecule has 0 saturated carbocycles. The van der Waals surface area contributed by atoms with Crippen LogP contribution >= 0.6 is 0 Å². The largest absolute Gasteiger partial charge is 0.345 e. The van der Waals surface area contributed by atoms with Crippen molar-refractivity contribution in [1.29, 1.82) is 0 Å². The molecule has 0 heterocycles. The van der Waals surface area contributed by atoms with Gasteiger partial charge in [0.15, 0.2) is 0 Å². The smallest absolute Gasteiger partial charge is 0.253 e. The van der Waals surface area contributed by atoms with Crippen LogP contribution in [0.2, 0.25) is 0 Å². The minimum Gasteiger partial charge on any atom is -0.345 e. The summed E-state index contributed by atoms with van der Waals surface area (Å²) in [5.74, 6) is -0.111. The number of nitrogens with zero attached hydrogens (tertiary/aromatic N) is 2. The summed E-state index contributed by atoms with van der Waals surface area (Å²) in [6.07, 6.45) is 2.02. The van der Waals surface area contributed by atoms with Crippen molar-refractivity contribution < 1.29 is 9.59 Å². The minimum atomic E-state index is -0.0566. The van der Waals surface area contributed by atoms with Gasteiger partial charge < -0.3 is 10.2 Å². The van der Waals surface area contributed by atoms with E-state index in [4.69, 9.17) is 0 Å². The van der Waals surface area contributed by atoms with Crippen LogP contribution in [0.25, 0.3) is 0 Å². The van der Waals surface area contributed by atoms with Crippen LogP contribution in [-0.2, 0) is 11.2 Å². The number of likely N-dealkylation sites (N-methyl/N-ethyl adjacent to an activating group) is 1. The van der Waals surface area contributed by atoms with E-state index in [2.05, 4.69) is 17.4 Å². The zero-order chi connectivity index (χ0) is 18.9. The molecule has 5 heteroatoms. The van der Waals surface area contributed by atoms with Gasteiger partial charge in [-0.2, -0.15) is 0 Å². The molecule has 5 nitrogen and oxygen atoms in total. The normalized spacial score (nSPS) is 10.6. The highest BCUT2D eigenvalue weighted by Gasteiger charge is 2.09. The predicted octanol–water partition coefficient (Wildman–Crippen LogP) is 2.89. The Morgan fingerprint density at radius 2 is 1.58 bits per heavy atom. The van der Waals surface area contributed by atoms with E-state index in [0.717, 1.165) is 19.4 Å². The lowest BCUT2D eigenvalue weighted by Crippen LogP contribution is -2.31. The number of rotatable bonds is 8. The van der Waals surface area contributed by atoms with Gasteiger partial charge in [-0.05, 0) is 56.3 Å². The van der Waals surface area contributed by atoms with E-state index in [9.17, 15) is 9.59 Å². The Morgan fingerprint density at radius 1 is 0.923 bits per heavy atom. The number of aryl methyl sites for hydroxylation is 1. The van der Waals surface area contributed by atoms with Crippen molar-refractivity contribution in [3.05, 3.63) is 65.7 Å². The van der Waals surface area contributed by atoms with Gasteiger partial charge in [0, 0.05) is 25.3 Å². The van der Waals surface area contributed by atoms with Crippen LogP contribution in [0.5, 0.6) is 0 Å². The fourth-order valence-electron chi connectivity index (χ4n) is 2.68. The molecule has 26 heavy (non-hydrogen) atoms. The van der Waals surface area contributed by atoms with Gasteiger partial charge >= 0.3 is 0 Å². The summed E-state index contributed by atoms with van der Waals surface area (Å²) in [7, 11) is 5.38. The Kier molecular flexibility index (Phi) is 7.36. The van der Waals surface area contributed by atoms with Crippen molar-refractivity contribution in [2.75, 3.05) is 39.5 Å². The average Bonchev–Trinajstić information content (AvgIpc) is 2.62. The number of anilines is 1. The Hall–Kier alpha value is -2.66. The zero-order valence-electron chi connectivity index (χ0n) is 15.7. The standard InChI is InChI=1S/C21H27N3O2/c1-23(2)21(26)18-11-13-19(14-12-18)22-20(25)16-24(3)15-7-10-17-8-5-4-6-9-17/h4-6,8-9,11-14H,7,10,15-16H2,1-3H3,(H,22,25). The molecule has 0 aromatic heterocycles. The van der Waals surface area contributed by atoms with Crippen LogP contribution < -0.4 is 5.32 Å². The fraction of sp³-hybridized carbons (Fsp3) is 0.333. The first-order valence-corrected chi connectivity index (χ1v) is 8.80. The SMILES string of the molecule is CN(CCCc1ccccc1)CC(=O)Nc1ccc(C(=O)N(C)C)cc1. The fourth-order valence-corrected chi connectivity index (χ4v) is 2.68. The number of hydrogen-bond acceptors (Lipinski definition) is 3. The third-order valence-corrected chi connectivity index (χ3v) is 4.08. The highest BCUT2D eigenvalue weighted by Crippen LogP contribution is 2.11. The second kappa shape index (κ2) is 9.73. The second-order valence-electron chi connectivity index (χ2n) is 6.65. The Balaban J connectivity index is 1.74. The van der Waals surface area contributed by atoms with Crippen molar-refractivity contribution in [1.82, 2.24) is 9.80 Å². The third-order valence-electron chi connectivity index (χ3n) is 4.08. The maximum atomic E-state index is 12.2. The van der Waals surface area contributed by atoms with Gasteiger partial charge in [-0.25, -0.2) is 0 Å². The molecule has 0 unspecified atom stereocenters. The third kappa shape index (κ3) is 6.33. The molecule has 2 aromatic carbocycles. The molecule has 0 saturated heterocycles. The Labute approximate surface area is 155 Å². The number of benzene rings is 2. The summed E-state index contributed by atoms with van der Waals surface area (Å²) in [5, 5.41) is 2.87. The molecular weight excluding hydrogens is 326 g/mol. The molecule has 0 aliphatic carbocycles. The van der Waals surface area contributed by atoms with Crippen molar-refractivity contribution in [3.63, 3.8) is 0 Å². The minimum absolute atomic E-state index is 0.0546. The van der Waals surface area contributed by atoms with Crippen molar-refractivity contribution in [3.8, 4) is 0 Å². The molecule has 0 radical (unpaired) electrons. The van der Waals surface area contributed by atoms with Gasteiger partial charge in [0.2, 0.25) is 5.91 Å². The molecule has 2 amide bonds. The molecule has 0 aliphatic heterocycles. The second-order valence-corrected chi connectivity index (χ2v) is 6.65. The van der Waals surface area contributed by atoms with E-state index >= 15 is 0 Å². The Morgan fingerprint density at radius 3 is 2.19 bits per heavy atom. The summed E-state index contributed by atoms with van der Waals surface area (Å²) in [5.41, 5.74) is 2.62. The van der Waals surface area contributed by atoms with Crippen LogP contribution in [0.1, 0.15) is 22.3 Å². The van der Waals surface area contributed by atoms with Crippen molar-refractivity contribution in [2.24, 2.45) is 0 Å². The lowest BCUT2D eigenvalue weighted by Gasteiger charge is -2.16. The zero-order valence-corrected chi connectivity index (χ0v) is 15.7. The first-order chi connectivity index (χ1) is 12.5. The van der Waals surface area contributed by atoms with E-state index in [0.29, 0.717) is 17.8 Å². The maximum Gasteiger partial charge on any atom is 0.253 e. The molecule has 0 atom stereocenters. The van der Waals surface area contributed by atoms with Gasteiger partial charge in [-0.3, -0.25) is 14.5 Å². The number of hydrogen-bond donors (Lipinski definition) is 1. The average molecular weight is 353 g/mol. The topological polar surface area (TPSA) is 52.7 Å². The Bertz CT molecular complexity index is 712. The summed E-state index contributed by atoms with van der Waals surface area (Å²) in [6.45, 7) is 1.20. The molecule has 2 rings (SSSR count). The molecule has 2 aromatic rings. The highest BCUT2D eigenvalue weighted by atomic mass is 16.2. The number of carbonyl (C=O) groups is 2. The molecule has 0 fully saturated rings. The van der Waals surface area contributed by atoms with Crippen LogP contribution in [0.3, 0.4) is 0 Å². The van der Waals surface area contributed by atoms with Crippen LogP contribution in [0.15, 0.2) is 54.6 Å². The van der Waals surface area contributed by atoms with E-state index in [1.807, 2.05) is 30.1 Å². The van der Waals surface area contributed by atoms with Gasteiger partial charge in [-0.1, -0.05) is 30.3 Å². The van der Waals surface area contributed by atoms with E-state index in [1.54, 1.807) is 38.4 Å². The summed E-state index contributed by atoms with van der Waals surface area (Å²) in [4.78, 5) is 27.6. The maximum absolute atomic E-state index is 12.2. The number of amides is 2. The van der Waals surface area contributed by atoms with E-state index < -0.39 is 0 Å². The lowest BCUT2D eigenvalue weighted by atomic mass is 10.1. The lowest BCUT2D eigenvalue weighted by molar-refractivity contribution is -0.117. The molecular formula is C21H27N3O2. The molecule has 138 valence electrons. The molecule has 0 spiro atoms.